The second kappa shape index (κ2) is 6.86. The van der Waals surface area contributed by atoms with E-state index in [0.717, 1.165) is 0 Å². The number of hydrogen-bond donors (Lipinski definition) is 4. The summed E-state index contributed by atoms with van der Waals surface area (Å²) in [5.74, 6) is -1.69. The minimum absolute atomic E-state index is 0.0229. The Labute approximate surface area is 114 Å². The van der Waals surface area contributed by atoms with Gasteiger partial charge in [0.25, 0.3) is 0 Å². The third-order valence-electron chi connectivity index (χ3n) is 2.69. The van der Waals surface area contributed by atoms with Crippen LogP contribution < -0.4 is 11.1 Å². The maximum Gasteiger partial charge on any atom is 0.306 e. The summed E-state index contributed by atoms with van der Waals surface area (Å²) < 4.78 is 0. The van der Waals surface area contributed by atoms with Gasteiger partial charge < -0.3 is 21.3 Å². The zero-order valence-corrected chi connectivity index (χ0v) is 12.2. The molecule has 0 aliphatic rings. The molecule has 0 aromatic carbocycles. The maximum absolute atomic E-state index is 11.9. The lowest BCUT2D eigenvalue weighted by Gasteiger charge is -2.26. The number of aliphatic carboxylic acids is 1. The zero-order valence-electron chi connectivity index (χ0n) is 12.2. The molecule has 0 aliphatic heterocycles. The van der Waals surface area contributed by atoms with E-state index in [1.54, 1.807) is 0 Å². The first-order valence-electron chi connectivity index (χ1n) is 6.39. The molecule has 0 spiro atoms. The van der Waals surface area contributed by atoms with Crippen LogP contribution in [-0.2, 0) is 9.59 Å². The quantitative estimate of drug-likeness (QED) is 0.535. The van der Waals surface area contributed by atoms with E-state index in [-0.39, 0.29) is 30.3 Å². The largest absolute Gasteiger partial charge is 0.481 e. The Morgan fingerprint density at radius 2 is 1.79 bits per heavy atom. The van der Waals surface area contributed by atoms with Gasteiger partial charge >= 0.3 is 5.97 Å². The van der Waals surface area contributed by atoms with Crippen molar-refractivity contribution in [3.05, 3.63) is 0 Å². The van der Waals surface area contributed by atoms with Gasteiger partial charge in [-0.2, -0.15) is 0 Å². The number of rotatable bonds is 7. The summed E-state index contributed by atoms with van der Waals surface area (Å²) in [4.78, 5) is 22.5. The van der Waals surface area contributed by atoms with Crippen LogP contribution in [-0.4, -0.2) is 40.8 Å². The van der Waals surface area contributed by atoms with Crippen molar-refractivity contribution in [2.75, 3.05) is 13.1 Å². The van der Waals surface area contributed by atoms with E-state index < -0.39 is 18.0 Å². The first-order chi connectivity index (χ1) is 8.47. The minimum atomic E-state index is -1.46. The van der Waals surface area contributed by atoms with Crippen LogP contribution in [0.2, 0.25) is 0 Å². The standard InChI is InChI=1S/C13H26N2O4/c1-12(2,3)5-9(7-14)11(18)15-8-13(4,19)6-10(16)17/h9,19H,5-8,14H2,1-4H3,(H,15,18)(H,16,17). The molecule has 6 heteroatoms. The molecule has 2 atom stereocenters. The van der Waals surface area contributed by atoms with Crippen molar-refractivity contribution in [3.8, 4) is 0 Å². The van der Waals surface area contributed by atoms with Crippen LogP contribution in [0.25, 0.3) is 0 Å². The van der Waals surface area contributed by atoms with Crippen LogP contribution in [0, 0.1) is 11.3 Å². The molecule has 0 aliphatic carbocycles. The van der Waals surface area contributed by atoms with Crippen LogP contribution in [0.1, 0.15) is 40.5 Å². The van der Waals surface area contributed by atoms with Crippen molar-refractivity contribution in [2.24, 2.45) is 17.1 Å². The second-order valence-corrected chi connectivity index (χ2v) is 6.48. The van der Waals surface area contributed by atoms with E-state index in [2.05, 4.69) is 5.32 Å². The Bertz CT molecular complexity index is 321. The number of carbonyl (C=O) groups excluding carboxylic acids is 1. The highest BCUT2D eigenvalue weighted by molar-refractivity contribution is 5.79. The molecule has 19 heavy (non-hydrogen) atoms. The van der Waals surface area contributed by atoms with E-state index in [0.29, 0.717) is 6.42 Å². The number of hydrogen-bond acceptors (Lipinski definition) is 4. The minimum Gasteiger partial charge on any atom is -0.481 e. The van der Waals surface area contributed by atoms with Crippen molar-refractivity contribution >= 4 is 11.9 Å². The van der Waals surface area contributed by atoms with Gasteiger partial charge in [0.15, 0.2) is 0 Å². The molecule has 0 saturated carbocycles. The predicted molar refractivity (Wildman–Crippen MR) is 72.5 cm³/mol. The fourth-order valence-electron chi connectivity index (χ4n) is 1.83. The molecule has 2 unspecified atom stereocenters. The van der Waals surface area contributed by atoms with Gasteiger partial charge in [-0.05, 0) is 18.8 Å². The lowest BCUT2D eigenvalue weighted by Crippen LogP contribution is -2.45. The number of carboxylic acids is 1. The van der Waals surface area contributed by atoms with Crippen molar-refractivity contribution in [1.82, 2.24) is 5.32 Å². The lowest BCUT2D eigenvalue weighted by molar-refractivity contribution is -0.142. The highest BCUT2D eigenvalue weighted by atomic mass is 16.4. The van der Waals surface area contributed by atoms with Crippen molar-refractivity contribution in [1.29, 1.82) is 0 Å². The van der Waals surface area contributed by atoms with Gasteiger partial charge in [0.1, 0.15) is 0 Å². The first kappa shape index (κ1) is 17.9. The van der Waals surface area contributed by atoms with Gasteiger partial charge in [-0.15, -0.1) is 0 Å². The Hall–Kier alpha value is -1.14. The Morgan fingerprint density at radius 1 is 1.26 bits per heavy atom. The summed E-state index contributed by atoms with van der Waals surface area (Å²) in [6.07, 6.45) is 0.219. The third kappa shape index (κ3) is 8.56. The Balaban J connectivity index is 4.39. The molecule has 0 rings (SSSR count). The number of aliphatic hydroxyl groups is 1. The topological polar surface area (TPSA) is 113 Å². The molecule has 0 aromatic heterocycles. The lowest BCUT2D eigenvalue weighted by atomic mass is 9.84. The fraction of sp³-hybridized carbons (Fsp3) is 0.846. The van der Waals surface area contributed by atoms with E-state index in [1.165, 1.54) is 6.92 Å². The molecule has 0 heterocycles. The van der Waals surface area contributed by atoms with E-state index in [9.17, 15) is 14.7 Å². The Kier molecular flexibility index (Phi) is 6.45. The van der Waals surface area contributed by atoms with E-state index in [1.807, 2.05) is 20.8 Å². The molecule has 5 N–H and O–H groups in total. The van der Waals surface area contributed by atoms with Crippen molar-refractivity contribution in [3.63, 3.8) is 0 Å². The summed E-state index contributed by atoms with van der Waals surface area (Å²) in [5.41, 5.74) is 4.10. The molecule has 6 nitrogen and oxygen atoms in total. The molecular weight excluding hydrogens is 248 g/mol. The van der Waals surface area contributed by atoms with Gasteiger partial charge in [0.2, 0.25) is 5.91 Å². The van der Waals surface area contributed by atoms with E-state index in [4.69, 9.17) is 10.8 Å². The zero-order chi connectivity index (χ0) is 15.3. The van der Waals surface area contributed by atoms with Crippen LogP contribution in [0.3, 0.4) is 0 Å². The maximum atomic E-state index is 11.9. The smallest absolute Gasteiger partial charge is 0.306 e. The SMILES string of the molecule is CC(C)(C)CC(CN)C(=O)NCC(C)(O)CC(=O)O. The summed E-state index contributed by atoms with van der Waals surface area (Å²) in [6.45, 7) is 7.56. The highest BCUT2D eigenvalue weighted by Crippen LogP contribution is 2.24. The van der Waals surface area contributed by atoms with Gasteiger partial charge in [-0.1, -0.05) is 20.8 Å². The van der Waals surface area contributed by atoms with Crippen LogP contribution in [0.4, 0.5) is 0 Å². The Morgan fingerprint density at radius 3 is 2.16 bits per heavy atom. The van der Waals surface area contributed by atoms with E-state index >= 15 is 0 Å². The average molecular weight is 274 g/mol. The van der Waals surface area contributed by atoms with Gasteiger partial charge in [-0.25, -0.2) is 0 Å². The average Bonchev–Trinajstić information content (AvgIpc) is 2.19. The molecule has 0 fully saturated rings. The summed E-state index contributed by atoms with van der Waals surface area (Å²) in [5, 5.41) is 21.0. The van der Waals surface area contributed by atoms with Crippen molar-refractivity contribution in [2.45, 2.75) is 46.1 Å². The number of nitrogens with two attached hydrogens (primary N) is 1. The molecule has 0 radical (unpaired) electrons. The molecule has 0 bridgehead atoms. The van der Waals surface area contributed by atoms with Crippen LogP contribution in [0.5, 0.6) is 0 Å². The second-order valence-electron chi connectivity index (χ2n) is 6.48. The monoisotopic (exact) mass is 274 g/mol. The van der Waals surface area contributed by atoms with Gasteiger partial charge in [0.05, 0.1) is 17.9 Å². The summed E-state index contributed by atoms with van der Waals surface area (Å²) in [6, 6.07) is 0. The predicted octanol–water partition coefficient (Wildman–Crippen LogP) is 0.339. The third-order valence-corrected chi connectivity index (χ3v) is 2.69. The number of amides is 1. The molecule has 0 saturated heterocycles. The molecule has 1 amide bonds. The first-order valence-corrected chi connectivity index (χ1v) is 6.39. The van der Waals surface area contributed by atoms with Gasteiger partial charge in [-0.3, -0.25) is 9.59 Å². The van der Waals surface area contributed by atoms with Gasteiger partial charge in [0, 0.05) is 13.1 Å². The van der Waals surface area contributed by atoms with Crippen LogP contribution in [0.15, 0.2) is 0 Å². The number of carbonyl (C=O) groups is 2. The molecule has 112 valence electrons. The summed E-state index contributed by atoms with van der Waals surface area (Å²) >= 11 is 0. The fourth-order valence-corrected chi connectivity index (χ4v) is 1.83. The number of nitrogens with one attached hydrogen (secondary N) is 1. The summed E-state index contributed by atoms with van der Waals surface area (Å²) in [7, 11) is 0. The normalized spacial score (nSPS) is 16.5. The van der Waals surface area contributed by atoms with Crippen molar-refractivity contribution < 1.29 is 19.8 Å². The van der Waals surface area contributed by atoms with Crippen LogP contribution >= 0.6 is 0 Å². The molecular formula is C13H26N2O4. The molecule has 0 aromatic rings. The highest BCUT2D eigenvalue weighted by Gasteiger charge is 2.28. The number of carboxylic acid groups (broad SMARTS) is 1.